The molecule has 0 amide bonds. The van der Waals surface area contributed by atoms with Crippen LogP contribution in [0.15, 0.2) is 0 Å². The Morgan fingerprint density at radius 1 is 1.21 bits per heavy atom. The molecule has 2 N–H and O–H groups in total. The predicted molar refractivity (Wildman–Crippen MR) is 51.1 cm³/mol. The van der Waals surface area contributed by atoms with Crippen molar-refractivity contribution in [2.75, 3.05) is 20.6 Å². The molecule has 14 heavy (non-hydrogen) atoms. The fraction of sp³-hybridized carbons (Fsp3) is 1.00. The molecule has 0 heterocycles. The molecule has 0 spiro atoms. The average molecular weight is 212 g/mol. The highest BCUT2D eigenvalue weighted by atomic mass is 19.4. The molecule has 0 aliphatic rings. The number of rotatable bonds is 6. The summed E-state index contributed by atoms with van der Waals surface area (Å²) in [7, 11) is 3.84. The first-order chi connectivity index (χ1) is 6.31. The highest BCUT2D eigenvalue weighted by Crippen LogP contribution is 2.22. The number of alkyl halides is 3. The van der Waals surface area contributed by atoms with Crippen molar-refractivity contribution in [3.63, 3.8) is 0 Å². The number of nitrogens with two attached hydrogens (primary N) is 1. The van der Waals surface area contributed by atoms with Gasteiger partial charge in [0.1, 0.15) is 0 Å². The molecule has 0 aromatic heterocycles. The number of hydrogen-bond donors (Lipinski definition) is 1. The third-order valence-corrected chi connectivity index (χ3v) is 1.98. The largest absolute Gasteiger partial charge is 0.389 e. The van der Waals surface area contributed by atoms with Gasteiger partial charge in [-0.2, -0.15) is 13.2 Å². The summed E-state index contributed by atoms with van der Waals surface area (Å²) in [5, 5.41) is 0. The van der Waals surface area contributed by atoms with Gasteiger partial charge in [0.2, 0.25) is 0 Å². The summed E-state index contributed by atoms with van der Waals surface area (Å²) in [6.07, 6.45) is -3.42. The Bertz CT molecular complexity index is 145. The molecule has 0 aromatic rings. The maximum Gasteiger partial charge on any atom is 0.389 e. The Kier molecular flexibility index (Phi) is 6.11. The molecule has 0 aliphatic heterocycles. The van der Waals surface area contributed by atoms with E-state index in [-0.39, 0.29) is 12.5 Å². The zero-order chi connectivity index (χ0) is 11.2. The lowest BCUT2D eigenvalue weighted by molar-refractivity contribution is -0.135. The molecule has 2 nitrogen and oxygen atoms in total. The number of halogens is 3. The van der Waals surface area contributed by atoms with E-state index in [1.54, 1.807) is 0 Å². The van der Waals surface area contributed by atoms with Crippen LogP contribution in [-0.2, 0) is 0 Å². The SMILES string of the molecule is CN(C)CCC(N)CCCC(F)(F)F. The van der Waals surface area contributed by atoms with Crippen molar-refractivity contribution in [3.8, 4) is 0 Å². The lowest BCUT2D eigenvalue weighted by atomic mass is 10.1. The summed E-state index contributed by atoms with van der Waals surface area (Å²) in [5.74, 6) is 0. The van der Waals surface area contributed by atoms with Gasteiger partial charge in [0.05, 0.1) is 0 Å². The molecular formula is C9H19F3N2. The molecule has 0 radical (unpaired) electrons. The van der Waals surface area contributed by atoms with Gasteiger partial charge in [-0.3, -0.25) is 0 Å². The van der Waals surface area contributed by atoms with Crippen molar-refractivity contribution in [2.24, 2.45) is 5.73 Å². The van der Waals surface area contributed by atoms with E-state index in [0.29, 0.717) is 6.42 Å². The third-order valence-electron chi connectivity index (χ3n) is 1.98. The molecule has 0 saturated carbocycles. The Hall–Kier alpha value is -0.290. The van der Waals surface area contributed by atoms with Crippen LogP contribution in [0.5, 0.6) is 0 Å². The van der Waals surface area contributed by atoms with Gasteiger partial charge in [-0.1, -0.05) is 0 Å². The van der Waals surface area contributed by atoms with Crippen LogP contribution in [0, 0.1) is 0 Å². The Morgan fingerprint density at radius 3 is 2.21 bits per heavy atom. The molecule has 0 aliphatic carbocycles. The van der Waals surface area contributed by atoms with Crippen LogP contribution in [0.2, 0.25) is 0 Å². The van der Waals surface area contributed by atoms with Crippen molar-refractivity contribution in [1.82, 2.24) is 4.90 Å². The van der Waals surface area contributed by atoms with E-state index in [4.69, 9.17) is 5.73 Å². The quantitative estimate of drug-likeness (QED) is 0.729. The smallest absolute Gasteiger partial charge is 0.328 e. The average Bonchev–Trinajstić information content (AvgIpc) is 1.98. The summed E-state index contributed by atoms with van der Waals surface area (Å²) in [4.78, 5) is 1.98. The van der Waals surface area contributed by atoms with Gasteiger partial charge >= 0.3 is 6.18 Å². The minimum absolute atomic E-state index is 0.111. The third kappa shape index (κ3) is 9.80. The fourth-order valence-corrected chi connectivity index (χ4v) is 1.13. The molecule has 0 fully saturated rings. The molecule has 5 heteroatoms. The Balaban J connectivity index is 3.40. The monoisotopic (exact) mass is 212 g/mol. The first-order valence-electron chi connectivity index (χ1n) is 4.78. The maximum absolute atomic E-state index is 11.8. The van der Waals surface area contributed by atoms with Crippen molar-refractivity contribution >= 4 is 0 Å². The highest BCUT2D eigenvalue weighted by molar-refractivity contribution is 4.64. The van der Waals surface area contributed by atoms with E-state index in [0.717, 1.165) is 13.0 Å². The van der Waals surface area contributed by atoms with E-state index in [9.17, 15) is 13.2 Å². The summed E-state index contributed by atoms with van der Waals surface area (Å²) >= 11 is 0. The van der Waals surface area contributed by atoms with E-state index >= 15 is 0 Å². The minimum Gasteiger partial charge on any atom is -0.328 e. The summed E-state index contributed by atoms with van der Waals surface area (Å²) < 4.78 is 35.3. The van der Waals surface area contributed by atoms with Gasteiger partial charge in [0.25, 0.3) is 0 Å². The first-order valence-corrected chi connectivity index (χ1v) is 4.78. The van der Waals surface area contributed by atoms with Crippen molar-refractivity contribution in [1.29, 1.82) is 0 Å². The number of nitrogens with zero attached hydrogens (tertiary/aromatic N) is 1. The first kappa shape index (κ1) is 13.7. The van der Waals surface area contributed by atoms with Crippen molar-refractivity contribution in [2.45, 2.75) is 37.9 Å². The zero-order valence-corrected chi connectivity index (χ0v) is 8.77. The van der Waals surface area contributed by atoms with Crippen LogP contribution in [0.4, 0.5) is 13.2 Å². The molecule has 1 atom stereocenters. The number of hydrogen-bond acceptors (Lipinski definition) is 2. The van der Waals surface area contributed by atoms with Crippen LogP contribution in [-0.4, -0.2) is 37.8 Å². The lowest BCUT2D eigenvalue weighted by Crippen LogP contribution is -2.26. The molecule has 0 aromatic carbocycles. The summed E-state index contributed by atoms with van der Waals surface area (Å²) in [5.41, 5.74) is 5.66. The second-order valence-corrected chi connectivity index (χ2v) is 3.86. The molecular weight excluding hydrogens is 193 g/mol. The van der Waals surface area contributed by atoms with E-state index in [2.05, 4.69) is 0 Å². The second kappa shape index (κ2) is 6.24. The normalized spacial score (nSPS) is 14.8. The molecule has 86 valence electrons. The summed E-state index contributed by atoms with van der Waals surface area (Å²) in [6, 6.07) is -0.111. The van der Waals surface area contributed by atoms with E-state index in [1.807, 2.05) is 19.0 Å². The van der Waals surface area contributed by atoms with E-state index < -0.39 is 12.6 Å². The Morgan fingerprint density at radius 2 is 1.79 bits per heavy atom. The maximum atomic E-state index is 11.8. The molecule has 0 saturated heterocycles. The van der Waals surface area contributed by atoms with Crippen molar-refractivity contribution in [3.05, 3.63) is 0 Å². The van der Waals surface area contributed by atoms with Crippen LogP contribution in [0.3, 0.4) is 0 Å². The van der Waals surface area contributed by atoms with Gasteiger partial charge in [-0.25, -0.2) is 0 Å². The molecule has 0 rings (SSSR count). The second-order valence-electron chi connectivity index (χ2n) is 3.86. The predicted octanol–water partition coefficient (Wildman–Crippen LogP) is 2.00. The van der Waals surface area contributed by atoms with Gasteiger partial charge in [-0.15, -0.1) is 0 Å². The van der Waals surface area contributed by atoms with Crippen LogP contribution >= 0.6 is 0 Å². The van der Waals surface area contributed by atoms with Gasteiger partial charge in [0.15, 0.2) is 0 Å². The fourth-order valence-electron chi connectivity index (χ4n) is 1.13. The lowest BCUT2D eigenvalue weighted by Gasteiger charge is -2.15. The minimum atomic E-state index is -4.04. The van der Waals surface area contributed by atoms with Gasteiger partial charge in [0, 0.05) is 12.5 Å². The van der Waals surface area contributed by atoms with Crippen molar-refractivity contribution < 1.29 is 13.2 Å². The Labute approximate surface area is 83.3 Å². The highest BCUT2D eigenvalue weighted by Gasteiger charge is 2.26. The van der Waals surface area contributed by atoms with E-state index in [1.165, 1.54) is 0 Å². The standard InChI is InChI=1S/C9H19F3N2/c1-14(2)7-5-8(13)4-3-6-9(10,11)12/h8H,3-7,13H2,1-2H3. The molecule has 0 bridgehead atoms. The zero-order valence-electron chi connectivity index (χ0n) is 8.77. The topological polar surface area (TPSA) is 29.3 Å². The van der Waals surface area contributed by atoms with Gasteiger partial charge in [-0.05, 0) is 39.9 Å². The van der Waals surface area contributed by atoms with Gasteiger partial charge < -0.3 is 10.6 Å². The summed E-state index contributed by atoms with van der Waals surface area (Å²) in [6.45, 7) is 0.827. The molecule has 1 unspecified atom stereocenters. The van der Waals surface area contributed by atoms with Crippen LogP contribution < -0.4 is 5.73 Å². The van der Waals surface area contributed by atoms with Crippen LogP contribution in [0.1, 0.15) is 25.7 Å². The van der Waals surface area contributed by atoms with Crippen LogP contribution in [0.25, 0.3) is 0 Å².